The number of carbonyl (C=O) groups excluding carboxylic acids is 1. The molecule has 2 N–H and O–H groups in total. The molecule has 2 amide bonds. The van der Waals surface area contributed by atoms with Crippen molar-refractivity contribution in [3.8, 4) is 0 Å². The molecule has 0 fully saturated rings. The number of nitrogens with zero attached hydrogens (tertiary/aromatic N) is 2. The molecule has 1 atom stereocenters. The van der Waals surface area contributed by atoms with Gasteiger partial charge in [-0.3, -0.25) is 4.79 Å². The maximum absolute atomic E-state index is 12.6. The van der Waals surface area contributed by atoms with Crippen molar-refractivity contribution in [3.63, 3.8) is 0 Å². The third-order valence-corrected chi connectivity index (χ3v) is 4.21. The van der Waals surface area contributed by atoms with Crippen LogP contribution in [0.15, 0.2) is 47.4 Å². The van der Waals surface area contributed by atoms with Crippen LogP contribution in [0.25, 0.3) is 0 Å². The topological polar surface area (TPSA) is 74.6 Å². The highest BCUT2D eigenvalue weighted by Gasteiger charge is 2.30. The van der Waals surface area contributed by atoms with Crippen LogP contribution in [0.3, 0.4) is 0 Å². The van der Waals surface area contributed by atoms with Crippen molar-refractivity contribution in [2.45, 2.75) is 12.5 Å². The molecule has 6 nitrogen and oxygen atoms in total. The Morgan fingerprint density at radius 2 is 2.09 bits per heavy atom. The number of pyridine rings is 1. The summed E-state index contributed by atoms with van der Waals surface area (Å²) >= 11 is 0. The van der Waals surface area contributed by atoms with Crippen LogP contribution in [-0.4, -0.2) is 33.8 Å². The third-order valence-electron chi connectivity index (χ3n) is 4.21. The highest BCUT2D eigenvalue weighted by atomic mass is 16.3. The summed E-state index contributed by atoms with van der Waals surface area (Å²) in [4.78, 5) is 26.2. The Kier molecular flexibility index (Phi) is 4.16. The second-order valence-electron chi connectivity index (χ2n) is 5.61. The first kappa shape index (κ1) is 15.3. The van der Waals surface area contributed by atoms with Gasteiger partial charge in [0.2, 0.25) is 0 Å². The van der Waals surface area contributed by atoms with Crippen LogP contribution >= 0.6 is 0 Å². The van der Waals surface area contributed by atoms with Gasteiger partial charge in [-0.1, -0.05) is 24.3 Å². The van der Waals surface area contributed by atoms with Crippen LogP contribution in [0.2, 0.25) is 0 Å². The van der Waals surface area contributed by atoms with Gasteiger partial charge >= 0.3 is 6.03 Å². The Morgan fingerprint density at radius 1 is 1.30 bits per heavy atom. The first-order valence-corrected chi connectivity index (χ1v) is 7.53. The van der Waals surface area contributed by atoms with Crippen molar-refractivity contribution in [1.82, 2.24) is 9.47 Å². The van der Waals surface area contributed by atoms with Gasteiger partial charge in [0.15, 0.2) is 0 Å². The zero-order valence-electron chi connectivity index (χ0n) is 12.9. The first-order chi connectivity index (χ1) is 11.1. The lowest BCUT2D eigenvalue weighted by Crippen LogP contribution is -2.44. The zero-order chi connectivity index (χ0) is 16.4. The van der Waals surface area contributed by atoms with Gasteiger partial charge in [-0.25, -0.2) is 4.79 Å². The minimum absolute atomic E-state index is 0.156. The maximum Gasteiger partial charge on any atom is 0.322 e. The van der Waals surface area contributed by atoms with E-state index in [1.165, 1.54) is 4.57 Å². The fourth-order valence-electron chi connectivity index (χ4n) is 2.97. The van der Waals surface area contributed by atoms with Crippen molar-refractivity contribution in [1.29, 1.82) is 0 Å². The molecule has 120 valence electrons. The van der Waals surface area contributed by atoms with Crippen molar-refractivity contribution in [3.05, 3.63) is 64.1 Å². The van der Waals surface area contributed by atoms with Crippen LogP contribution < -0.4 is 10.9 Å². The minimum Gasteiger partial charge on any atom is -0.394 e. The van der Waals surface area contributed by atoms with E-state index in [4.69, 9.17) is 0 Å². The minimum atomic E-state index is -0.396. The lowest BCUT2D eigenvalue weighted by atomic mass is 9.93. The molecule has 23 heavy (non-hydrogen) atoms. The molecule has 1 aromatic heterocycles. The SMILES string of the molecule is Cn1cccc(NC(=O)N2CCc3ccccc3[C@@H]2CO)c1=O. The second kappa shape index (κ2) is 6.26. The average molecular weight is 313 g/mol. The van der Waals surface area contributed by atoms with Gasteiger partial charge in [0.25, 0.3) is 5.56 Å². The van der Waals surface area contributed by atoms with Gasteiger partial charge in [-0.2, -0.15) is 0 Å². The number of aryl methyl sites for hydroxylation is 1. The number of benzene rings is 1. The number of nitrogens with one attached hydrogen (secondary N) is 1. The molecule has 6 heteroatoms. The van der Waals surface area contributed by atoms with Crippen LogP contribution in [0.5, 0.6) is 0 Å². The van der Waals surface area contributed by atoms with Gasteiger partial charge in [0, 0.05) is 19.8 Å². The number of anilines is 1. The number of aliphatic hydroxyl groups excluding tert-OH is 1. The van der Waals surface area contributed by atoms with E-state index in [1.807, 2.05) is 24.3 Å². The summed E-state index contributed by atoms with van der Waals surface area (Å²) < 4.78 is 1.41. The second-order valence-corrected chi connectivity index (χ2v) is 5.61. The molecule has 0 unspecified atom stereocenters. The molecule has 2 heterocycles. The molecular weight excluding hydrogens is 294 g/mol. The molecule has 0 aliphatic carbocycles. The molecular formula is C17H19N3O3. The number of hydrogen-bond acceptors (Lipinski definition) is 3. The zero-order valence-corrected chi connectivity index (χ0v) is 12.9. The average Bonchev–Trinajstić information content (AvgIpc) is 2.57. The smallest absolute Gasteiger partial charge is 0.322 e. The van der Waals surface area contributed by atoms with E-state index in [9.17, 15) is 14.7 Å². The monoisotopic (exact) mass is 313 g/mol. The van der Waals surface area contributed by atoms with Crippen LogP contribution in [0.1, 0.15) is 17.2 Å². The Balaban J connectivity index is 1.85. The summed E-state index contributed by atoms with van der Waals surface area (Å²) in [5, 5.41) is 12.4. The normalized spacial score (nSPS) is 16.8. The van der Waals surface area contributed by atoms with Crippen molar-refractivity contribution in [2.24, 2.45) is 7.05 Å². The van der Waals surface area contributed by atoms with E-state index in [0.717, 1.165) is 17.5 Å². The lowest BCUT2D eigenvalue weighted by Gasteiger charge is -2.36. The molecule has 0 saturated carbocycles. The fraction of sp³-hybridized carbons (Fsp3) is 0.294. The number of aromatic nitrogens is 1. The van der Waals surface area contributed by atoms with Gasteiger partial charge in [-0.05, 0) is 29.7 Å². The molecule has 3 rings (SSSR count). The summed E-state index contributed by atoms with van der Waals surface area (Å²) in [6.45, 7) is 0.346. The number of fused-ring (bicyclic) bond motifs is 1. The van der Waals surface area contributed by atoms with Gasteiger partial charge in [-0.15, -0.1) is 0 Å². The predicted octanol–water partition coefficient (Wildman–Crippen LogP) is 1.51. The largest absolute Gasteiger partial charge is 0.394 e. The molecule has 0 saturated heterocycles. The Hall–Kier alpha value is -2.60. The van der Waals surface area contributed by atoms with Crippen molar-refractivity contribution >= 4 is 11.7 Å². The Labute approximate surface area is 134 Å². The number of aliphatic hydroxyl groups is 1. The van der Waals surface area contributed by atoms with Crippen molar-refractivity contribution in [2.75, 3.05) is 18.5 Å². The molecule has 2 aromatic rings. The number of rotatable bonds is 2. The number of urea groups is 1. The van der Waals surface area contributed by atoms with E-state index in [2.05, 4.69) is 5.32 Å². The summed E-state index contributed by atoms with van der Waals surface area (Å²) in [5.41, 5.74) is 2.07. The molecule has 0 radical (unpaired) electrons. The summed E-state index contributed by atoms with van der Waals surface area (Å²) in [6, 6.07) is 10.3. The van der Waals surface area contributed by atoms with Crippen LogP contribution in [0.4, 0.5) is 10.5 Å². The highest BCUT2D eigenvalue weighted by molar-refractivity contribution is 5.89. The van der Waals surface area contributed by atoms with Crippen LogP contribution in [-0.2, 0) is 13.5 Å². The highest BCUT2D eigenvalue weighted by Crippen LogP contribution is 2.29. The van der Waals surface area contributed by atoms with Gasteiger partial charge in [0.05, 0.1) is 12.6 Å². The molecule has 0 bridgehead atoms. The van der Waals surface area contributed by atoms with E-state index in [-0.39, 0.29) is 23.9 Å². The summed E-state index contributed by atoms with van der Waals surface area (Å²) in [6.07, 6.45) is 2.36. The maximum atomic E-state index is 12.6. The van der Waals surface area contributed by atoms with Crippen LogP contribution in [0, 0.1) is 0 Å². The molecule has 1 aromatic carbocycles. The van der Waals surface area contributed by atoms with Gasteiger partial charge < -0.3 is 19.9 Å². The summed E-state index contributed by atoms with van der Waals surface area (Å²) in [5.74, 6) is 0. The van der Waals surface area contributed by atoms with E-state index >= 15 is 0 Å². The lowest BCUT2D eigenvalue weighted by molar-refractivity contribution is 0.135. The Morgan fingerprint density at radius 3 is 2.87 bits per heavy atom. The number of carbonyl (C=O) groups is 1. The van der Waals surface area contributed by atoms with E-state index in [0.29, 0.717) is 6.54 Å². The van der Waals surface area contributed by atoms with E-state index < -0.39 is 6.04 Å². The molecule has 1 aliphatic heterocycles. The van der Waals surface area contributed by atoms with E-state index in [1.54, 1.807) is 30.3 Å². The summed E-state index contributed by atoms with van der Waals surface area (Å²) in [7, 11) is 1.63. The molecule has 0 spiro atoms. The number of hydrogen-bond donors (Lipinski definition) is 2. The third kappa shape index (κ3) is 2.85. The standard InChI is InChI=1S/C17H19N3O3/c1-19-9-4-7-14(16(19)22)18-17(23)20-10-8-12-5-2-3-6-13(12)15(20)11-21/h2-7,9,15,21H,8,10-11H2,1H3,(H,18,23)/t15-/m0/s1. The first-order valence-electron chi connectivity index (χ1n) is 7.53. The van der Waals surface area contributed by atoms with Crippen molar-refractivity contribution < 1.29 is 9.90 Å². The molecule has 1 aliphatic rings. The fourth-order valence-corrected chi connectivity index (χ4v) is 2.97. The number of amides is 2. The van der Waals surface area contributed by atoms with Gasteiger partial charge in [0.1, 0.15) is 5.69 Å². The Bertz CT molecular complexity index is 785. The predicted molar refractivity (Wildman–Crippen MR) is 87.4 cm³/mol. The quantitative estimate of drug-likeness (QED) is 0.882.